The average Bonchev–Trinajstić information content (AvgIpc) is 2.67. The number of aromatic nitrogens is 1. The number of ketones is 1. The maximum Gasteiger partial charge on any atom is 0.165 e. The molecule has 2 aliphatic rings. The number of Topliss-reactive ketones (excluding diaryl/α,β-unsaturated/α-hetero) is 1. The van der Waals surface area contributed by atoms with Crippen LogP contribution in [0.3, 0.4) is 0 Å². The van der Waals surface area contributed by atoms with E-state index in [1.807, 2.05) is 30.3 Å². The molecule has 2 aliphatic carbocycles. The Hall–Kier alpha value is -2.38. The molecule has 28 heavy (non-hydrogen) atoms. The molecule has 1 heterocycles. The summed E-state index contributed by atoms with van der Waals surface area (Å²) in [5, 5.41) is 11.1. The van der Waals surface area contributed by atoms with Gasteiger partial charge in [-0.1, -0.05) is 68.1 Å². The molecule has 0 bridgehead atoms. The minimum Gasteiger partial charge on any atom is -0.294 e. The molecule has 0 aliphatic heterocycles. The molecule has 142 valence electrons. The van der Waals surface area contributed by atoms with Crippen molar-refractivity contribution in [1.82, 2.24) is 4.98 Å². The lowest BCUT2D eigenvalue weighted by Crippen LogP contribution is -2.29. The third-order valence-electron chi connectivity index (χ3n) is 5.45. The minimum absolute atomic E-state index is 0.100. The Morgan fingerprint density at radius 1 is 1.18 bits per heavy atom. The second kappa shape index (κ2) is 7.56. The molecule has 2 aromatic rings. The van der Waals surface area contributed by atoms with Gasteiger partial charge in [0.2, 0.25) is 0 Å². The smallest absolute Gasteiger partial charge is 0.165 e. The second-order valence-corrected chi connectivity index (χ2v) is 9.65. The van der Waals surface area contributed by atoms with E-state index in [1.54, 1.807) is 11.8 Å². The number of nitrogens with zero attached hydrogens (tertiary/aromatic N) is 2. The number of thioether (sulfide) groups is 1. The highest BCUT2D eigenvalue weighted by Crippen LogP contribution is 2.43. The fraction of sp³-hybridized carbons (Fsp3) is 0.375. The third kappa shape index (κ3) is 3.64. The van der Waals surface area contributed by atoms with Gasteiger partial charge in [-0.25, -0.2) is 4.98 Å². The molecule has 0 radical (unpaired) electrons. The van der Waals surface area contributed by atoms with Gasteiger partial charge >= 0.3 is 0 Å². The van der Waals surface area contributed by atoms with Crippen LogP contribution in [-0.4, -0.2) is 16.0 Å². The lowest BCUT2D eigenvalue weighted by molar-refractivity contribution is 0.0910. The largest absolute Gasteiger partial charge is 0.294 e. The summed E-state index contributed by atoms with van der Waals surface area (Å²) in [4.78, 5) is 18.0. The van der Waals surface area contributed by atoms with Crippen molar-refractivity contribution in [3.8, 4) is 17.2 Å². The maximum atomic E-state index is 13.1. The van der Waals surface area contributed by atoms with Gasteiger partial charge in [0.25, 0.3) is 0 Å². The van der Waals surface area contributed by atoms with E-state index in [-0.39, 0.29) is 11.2 Å². The molecule has 0 saturated heterocycles. The summed E-state index contributed by atoms with van der Waals surface area (Å²) in [6, 6.07) is 12.2. The lowest BCUT2D eigenvalue weighted by Gasteiger charge is -2.31. The van der Waals surface area contributed by atoms with Crippen molar-refractivity contribution in [3.05, 3.63) is 59.3 Å². The standard InChI is InChI=1S/C24H24N2OS/c1-24(2)13-19-22(20(27)14-24)21(16-9-5-3-6-10-16)18(15-25)23(26-19)28-17-11-7-4-8-12-17/h3,5-7,9-11,17H,4,8,12-14H2,1-2H3. The highest BCUT2D eigenvalue weighted by Gasteiger charge is 2.36. The summed E-state index contributed by atoms with van der Waals surface area (Å²) in [5.74, 6) is 0.100. The van der Waals surface area contributed by atoms with Crippen molar-refractivity contribution in [2.45, 2.75) is 56.2 Å². The number of hydrogen-bond acceptors (Lipinski definition) is 4. The first-order chi connectivity index (χ1) is 13.5. The summed E-state index contributed by atoms with van der Waals surface area (Å²) >= 11 is 1.67. The molecule has 4 heteroatoms. The predicted molar refractivity (Wildman–Crippen MR) is 113 cm³/mol. The van der Waals surface area contributed by atoms with Crippen molar-refractivity contribution < 1.29 is 4.79 Å². The second-order valence-electron chi connectivity index (χ2n) is 8.42. The van der Waals surface area contributed by atoms with E-state index >= 15 is 0 Å². The summed E-state index contributed by atoms with van der Waals surface area (Å²) in [6.07, 6.45) is 9.08. The summed E-state index contributed by atoms with van der Waals surface area (Å²) in [5.41, 5.74) is 3.64. The fourth-order valence-electron chi connectivity index (χ4n) is 4.18. The zero-order valence-electron chi connectivity index (χ0n) is 16.4. The van der Waals surface area contributed by atoms with Crippen LogP contribution < -0.4 is 0 Å². The van der Waals surface area contributed by atoms with Crippen LogP contribution in [0.4, 0.5) is 0 Å². The van der Waals surface area contributed by atoms with Crippen LogP contribution in [0.5, 0.6) is 0 Å². The molecule has 1 aromatic heterocycles. The van der Waals surface area contributed by atoms with Gasteiger partial charge in [0.15, 0.2) is 5.78 Å². The Balaban J connectivity index is 1.93. The van der Waals surface area contributed by atoms with E-state index in [9.17, 15) is 10.1 Å². The molecular weight excluding hydrogens is 364 g/mol. The molecule has 1 aromatic carbocycles. The lowest BCUT2D eigenvalue weighted by atomic mass is 9.73. The van der Waals surface area contributed by atoms with E-state index in [0.717, 1.165) is 47.5 Å². The number of carbonyl (C=O) groups excluding carboxylic acids is 1. The van der Waals surface area contributed by atoms with Crippen molar-refractivity contribution >= 4 is 17.5 Å². The molecule has 3 nitrogen and oxygen atoms in total. The number of nitriles is 1. The van der Waals surface area contributed by atoms with Crippen LogP contribution in [0.2, 0.25) is 0 Å². The van der Waals surface area contributed by atoms with Crippen LogP contribution in [0.25, 0.3) is 11.1 Å². The molecular formula is C24H24N2OS. The molecule has 0 fully saturated rings. The number of allylic oxidation sites excluding steroid dienone is 1. The Kier molecular flexibility index (Phi) is 5.12. The van der Waals surface area contributed by atoms with Gasteiger partial charge in [-0.3, -0.25) is 4.79 Å². The summed E-state index contributed by atoms with van der Waals surface area (Å²) < 4.78 is 0. The van der Waals surface area contributed by atoms with Crippen molar-refractivity contribution in [1.29, 1.82) is 5.26 Å². The Bertz CT molecular complexity index is 986. The molecule has 0 amide bonds. The first-order valence-electron chi connectivity index (χ1n) is 9.87. The highest BCUT2D eigenvalue weighted by atomic mass is 32.2. The molecule has 0 saturated carbocycles. The molecule has 0 N–H and O–H groups in total. The highest BCUT2D eigenvalue weighted by molar-refractivity contribution is 8.00. The van der Waals surface area contributed by atoms with Gasteiger partial charge in [-0.15, -0.1) is 0 Å². The van der Waals surface area contributed by atoms with Gasteiger partial charge < -0.3 is 0 Å². The van der Waals surface area contributed by atoms with Crippen molar-refractivity contribution in [3.63, 3.8) is 0 Å². The van der Waals surface area contributed by atoms with E-state index < -0.39 is 0 Å². The predicted octanol–water partition coefficient (Wildman–Crippen LogP) is 5.98. The SMILES string of the molecule is CC1(C)CC(=O)c2c(nc(SC3C=CCCC3)c(C#N)c2-c2ccccc2)C1. The zero-order valence-corrected chi connectivity index (χ0v) is 17.2. The van der Waals surface area contributed by atoms with Crippen LogP contribution in [0.15, 0.2) is 47.5 Å². The summed E-state index contributed by atoms with van der Waals surface area (Å²) in [6.45, 7) is 4.24. The Labute approximate surface area is 170 Å². The minimum atomic E-state index is -0.105. The van der Waals surface area contributed by atoms with E-state index in [0.29, 0.717) is 22.8 Å². The number of hydrogen-bond donors (Lipinski definition) is 0. The molecule has 0 spiro atoms. The quantitative estimate of drug-likeness (QED) is 0.607. The van der Waals surface area contributed by atoms with Crippen molar-refractivity contribution in [2.75, 3.05) is 0 Å². The van der Waals surface area contributed by atoms with Crippen LogP contribution >= 0.6 is 11.8 Å². The first-order valence-corrected chi connectivity index (χ1v) is 10.8. The van der Waals surface area contributed by atoms with Gasteiger partial charge in [0.05, 0.1) is 11.3 Å². The fourth-order valence-corrected chi connectivity index (χ4v) is 5.37. The maximum absolute atomic E-state index is 13.1. The van der Waals surface area contributed by atoms with Crippen LogP contribution in [-0.2, 0) is 6.42 Å². The van der Waals surface area contributed by atoms with Crippen LogP contribution in [0, 0.1) is 16.7 Å². The van der Waals surface area contributed by atoms with Gasteiger partial charge in [-0.2, -0.15) is 5.26 Å². The summed E-state index contributed by atoms with van der Waals surface area (Å²) in [7, 11) is 0. The normalized spacial score (nSPS) is 20.5. The zero-order chi connectivity index (χ0) is 19.7. The third-order valence-corrected chi connectivity index (χ3v) is 6.66. The van der Waals surface area contributed by atoms with Crippen molar-refractivity contribution in [2.24, 2.45) is 5.41 Å². The Morgan fingerprint density at radius 2 is 1.96 bits per heavy atom. The number of carbonyl (C=O) groups is 1. The van der Waals surface area contributed by atoms with Crippen LogP contribution in [0.1, 0.15) is 61.1 Å². The average molecular weight is 389 g/mol. The number of pyridine rings is 1. The van der Waals surface area contributed by atoms with E-state index in [4.69, 9.17) is 4.98 Å². The topological polar surface area (TPSA) is 53.8 Å². The van der Waals surface area contributed by atoms with E-state index in [1.165, 1.54) is 0 Å². The first kappa shape index (κ1) is 19.0. The monoisotopic (exact) mass is 388 g/mol. The molecule has 1 atom stereocenters. The van der Waals surface area contributed by atoms with Gasteiger partial charge in [0.1, 0.15) is 11.1 Å². The van der Waals surface area contributed by atoms with Gasteiger partial charge in [0, 0.05) is 22.8 Å². The van der Waals surface area contributed by atoms with Gasteiger partial charge in [-0.05, 0) is 36.7 Å². The number of rotatable bonds is 3. The molecule has 1 unspecified atom stereocenters. The molecule has 4 rings (SSSR count). The Morgan fingerprint density at radius 3 is 2.64 bits per heavy atom. The number of benzene rings is 1. The van der Waals surface area contributed by atoms with E-state index in [2.05, 4.69) is 32.1 Å². The number of fused-ring (bicyclic) bond motifs is 1.